The van der Waals surface area contributed by atoms with Crippen LogP contribution in [0, 0.1) is 0 Å². The summed E-state index contributed by atoms with van der Waals surface area (Å²) in [4.78, 5) is 102. The monoisotopic (exact) mass is 1230 g/mol. The number of aryl methyl sites for hydroxylation is 4. The second-order valence-corrected chi connectivity index (χ2v) is 17.3. The first kappa shape index (κ1) is 68.3. The average Bonchev–Trinajstić information content (AvgIpc) is 4.12. The molecule has 0 aliphatic carbocycles. The summed E-state index contributed by atoms with van der Waals surface area (Å²) in [5, 5.41) is 20.6. The summed E-state index contributed by atoms with van der Waals surface area (Å²) in [5.74, 6) is -2.65. The molecule has 0 spiro atoms. The van der Waals surface area contributed by atoms with Crippen molar-refractivity contribution in [2.75, 3.05) is 88.7 Å². The van der Waals surface area contributed by atoms with Crippen molar-refractivity contribution in [3.8, 4) is 0 Å². The number of hydrogen-bond acceptors (Lipinski definition) is 10. The van der Waals surface area contributed by atoms with Gasteiger partial charge in [0, 0.05) is 64.1 Å². The maximum atomic E-state index is 13.1. The molecule has 0 saturated carbocycles. The quantitative estimate of drug-likeness (QED) is 0.0300. The Morgan fingerprint density at radius 2 is 0.720 bits per heavy atom. The number of aromatic nitrogens is 4. The van der Waals surface area contributed by atoms with E-state index in [-0.39, 0.29) is 45.2 Å². The summed E-state index contributed by atoms with van der Waals surface area (Å²) in [6, 6.07) is 4.78. The smallest absolute Gasteiger partial charge is 0.693 e. The van der Waals surface area contributed by atoms with Gasteiger partial charge in [0.15, 0.2) is 0 Å². The molecule has 27 heteroatoms. The van der Waals surface area contributed by atoms with Gasteiger partial charge in [-0.15, -0.1) is 0 Å². The van der Waals surface area contributed by atoms with Crippen LogP contribution in [0.3, 0.4) is 0 Å². The maximum Gasteiger partial charge on any atom is 2.00 e. The molecule has 0 aliphatic heterocycles. The molecule has 75 heavy (non-hydrogen) atoms. The molecular weight excluding hydrogens is 1150 g/mol. The number of amides is 10. The SMILES string of the molecule is CCCn1cc(NC(=O)c2cc(NC(=O)NC(=O)C[NH-])cn2CCC)cc1C(=O)NCCCN(C)C.CCCn1cc(NC(=O)c2cc(NC(=O)NC(=O)C[NH-])cn2CCC)cc1C(=O)NCCCN(C)C.[NH2-].[NH2-].[Pt+2]. The van der Waals surface area contributed by atoms with E-state index in [2.05, 4.69) is 41.7 Å². The predicted octanol–water partition coefficient (Wildman–Crippen LogP) is 6.92. The number of anilines is 4. The summed E-state index contributed by atoms with van der Waals surface area (Å²) in [7, 11) is 7.92. The minimum absolute atomic E-state index is 0. The van der Waals surface area contributed by atoms with E-state index in [4.69, 9.17) is 11.5 Å². The molecule has 0 unspecified atom stereocenters. The molecule has 4 aromatic rings. The van der Waals surface area contributed by atoms with Gasteiger partial charge in [0.2, 0.25) is 11.8 Å². The van der Waals surface area contributed by atoms with Gasteiger partial charge in [-0.25, -0.2) is 9.59 Å². The Bertz CT molecular complexity index is 2290. The molecule has 0 aliphatic rings. The first-order chi connectivity index (χ1) is 34.4. The Balaban J connectivity index is 0.00000140. The van der Waals surface area contributed by atoms with Crippen LogP contribution in [0.1, 0.15) is 108 Å². The Labute approximate surface area is 454 Å². The number of hydrogen-bond donors (Lipinski definition) is 8. The van der Waals surface area contributed by atoms with Crippen LogP contribution >= 0.6 is 0 Å². The first-order valence-electron chi connectivity index (χ1n) is 24.2. The van der Waals surface area contributed by atoms with E-state index in [0.29, 0.717) is 84.8 Å². The van der Waals surface area contributed by atoms with Crippen molar-refractivity contribution in [1.29, 1.82) is 0 Å². The summed E-state index contributed by atoms with van der Waals surface area (Å²) >= 11 is 0. The standard InChI is InChI=1S/2C24H37N8O4.2H2N.Pt/c2*1-5-9-31-15-17(12-19(31)22(34)26-8-7-11-30(3)4)27-23(35)20-13-18(16-32(20)10-6-2)28-24(36)29-21(33)14-25;;;/h2*12-13,15-16,25H,5-11,14H2,1-4H3,(H,26,34)(H,27,35)(H2,28,29,33,36);2*1H2;/q4*-1;+2. The zero-order chi connectivity index (χ0) is 53.3. The van der Waals surface area contributed by atoms with E-state index in [1.807, 2.05) is 75.7 Å². The van der Waals surface area contributed by atoms with Crippen LogP contribution in [-0.4, -0.2) is 143 Å². The summed E-state index contributed by atoms with van der Waals surface area (Å²) < 4.78 is 7.06. The van der Waals surface area contributed by atoms with E-state index in [1.165, 1.54) is 12.1 Å². The molecule has 0 bridgehead atoms. The van der Waals surface area contributed by atoms with Gasteiger partial charge in [-0.1, -0.05) is 40.8 Å². The molecule has 0 aromatic carbocycles. The van der Waals surface area contributed by atoms with E-state index in [0.717, 1.165) is 51.6 Å². The zero-order valence-electron chi connectivity index (χ0n) is 44.4. The van der Waals surface area contributed by atoms with Crippen molar-refractivity contribution in [3.63, 3.8) is 0 Å². The number of urea groups is 2. The van der Waals surface area contributed by atoms with Gasteiger partial charge in [0.25, 0.3) is 23.6 Å². The van der Waals surface area contributed by atoms with Crippen LogP contribution in [0.4, 0.5) is 32.3 Å². The molecule has 4 aromatic heterocycles. The number of carbonyl (C=O) groups excluding carboxylic acids is 8. The fourth-order valence-corrected chi connectivity index (χ4v) is 7.21. The van der Waals surface area contributed by atoms with Gasteiger partial charge in [0.1, 0.15) is 22.8 Å². The molecule has 4 heterocycles. The summed E-state index contributed by atoms with van der Waals surface area (Å²) in [6.45, 7) is 12.0. The second-order valence-electron chi connectivity index (χ2n) is 17.3. The number of imide groups is 2. The number of nitrogens with two attached hydrogens (primary N) is 2. The maximum absolute atomic E-state index is 13.1. The number of carbonyl (C=O) groups is 8. The van der Waals surface area contributed by atoms with Gasteiger partial charge >= 0.3 is 33.1 Å². The molecule has 0 saturated heterocycles. The summed E-state index contributed by atoms with van der Waals surface area (Å²) in [5.41, 5.74) is 17.2. The van der Waals surface area contributed by atoms with E-state index >= 15 is 0 Å². The fraction of sp³-hybridized carbons (Fsp3) is 0.500. The van der Waals surface area contributed by atoms with Crippen LogP contribution in [0.5, 0.6) is 0 Å². The molecule has 0 atom stereocenters. The Kier molecular flexibility index (Phi) is 32.4. The number of rotatable bonds is 26. The van der Waals surface area contributed by atoms with Gasteiger partial charge in [-0.2, -0.15) is 0 Å². The molecule has 4 rings (SSSR count). The molecule has 14 N–H and O–H groups in total. The zero-order valence-corrected chi connectivity index (χ0v) is 46.6. The van der Waals surface area contributed by atoms with Gasteiger partial charge in [0.05, 0.1) is 22.7 Å². The minimum atomic E-state index is -0.772. The second kappa shape index (κ2) is 35.5. The third-order valence-electron chi connectivity index (χ3n) is 10.4. The van der Waals surface area contributed by atoms with Crippen molar-refractivity contribution in [2.24, 2.45) is 0 Å². The normalized spacial score (nSPS) is 10.4. The first-order valence-corrected chi connectivity index (χ1v) is 24.2. The largest absolute Gasteiger partial charge is 2.00 e. The fourth-order valence-electron chi connectivity index (χ4n) is 7.21. The minimum Gasteiger partial charge on any atom is -0.693 e. The van der Waals surface area contributed by atoms with Crippen molar-refractivity contribution in [3.05, 3.63) is 95.6 Å². The van der Waals surface area contributed by atoms with Crippen molar-refractivity contribution in [1.82, 2.24) is 49.3 Å². The molecule has 10 amide bonds. The van der Waals surface area contributed by atoms with Gasteiger partial charge in [-0.05, 0) is 104 Å². The van der Waals surface area contributed by atoms with Crippen molar-refractivity contribution < 1.29 is 59.4 Å². The third kappa shape index (κ3) is 23.2. The molecule has 0 fully saturated rings. The Hall–Kier alpha value is -6.67. The average molecular weight is 1230 g/mol. The van der Waals surface area contributed by atoms with Crippen molar-refractivity contribution in [2.45, 2.75) is 92.4 Å². The van der Waals surface area contributed by atoms with E-state index in [1.54, 1.807) is 46.1 Å². The Morgan fingerprint density at radius 3 is 0.973 bits per heavy atom. The molecule has 420 valence electrons. The van der Waals surface area contributed by atoms with Gasteiger partial charge in [-0.3, -0.25) is 39.4 Å². The predicted molar refractivity (Wildman–Crippen MR) is 289 cm³/mol. The molecular formula is C48H78N18O8Pt-2. The number of nitrogens with one attached hydrogen (secondary N) is 10. The van der Waals surface area contributed by atoms with Gasteiger partial charge < -0.3 is 83.7 Å². The molecule has 26 nitrogen and oxygen atoms in total. The van der Waals surface area contributed by atoms with Crippen LogP contribution in [-0.2, 0) is 56.8 Å². The summed E-state index contributed by atoms with van der Waals surface area (Å²) in [6.07, 6.45) is 11.5. The third-order valence-corrected chi connectivity index (χ3v) is 10.4. The van der Waals surface area contributed by atoms with Crippen LogP contribution < -0.4 is 42.5 Å². The van der Waals surface area contributed by atoms with Crippen LogP contribution in [0.2, 0.25) is 0 Å². The molecule has 0 radical (unpaired) electrons. The topological polar surface area (TPSA) is 374 Å². The Morgan fingerprint density at radius 1 is 0.453 bits per heavy atom. The van der Waals surface area contributed by atoms with E-state index < -0.39 is 48.8 Å². The van der Waals surface area contributed by atoms with Crippen LogP contribution in [0.25, 0.3) is 23.8 Å². The van der Waals surface area contributed by atoms with Crippen molar-refractivity contribution >= 4 is 70.3 Å². The van der Waals surface area contributed by atoms with E-state index in [9.17, 15) is 38.4 Å². The number of nitrogens with zero attached hydrogens (tertiary/aromatic N) is 6. The van der Waals surface area contributed by atoms with Crippen LogP contribution in [0.15, 0.2) is 49.1 Å².